The zero-order valence-electron chi connectivity index (χ0n) is 11.2. The maximum atomic E-state index is 11.9. The minimum atomic E-state index is -4.12. The van der Waals surface area contributed by atoms with Crippen LogP contribution >= 0.6 is 0 Å². The topological polar surface area (TPSA) is 120 Å². The lowest BCUT2D eigenvalue weighted by atomic mass is 10.2. The Morgan fingerprint density at radius 3 is 2.14 bits per heavy atom. The molecule has 0 saturated heterocycles. The van der Waals surface area contributed by atoms with Gasteiger partial charge in [0.15, 0.2) is 9.84 Å². The predicted octanol–water partition coefficient (Wildman–Crippen LogP) is 0.01000. The molecule has 4 N–H and O–H groups in total. The summed E-state index contributed by atoms with van der Waals surface area (Å²) in [5, 5.41) is -2.04. The third-order valence-electron chi connectivity index (χ3n) is 2.57. The van der Waals surface area contributed by atoms with E-state index < -0.39 is 32.7 Å². The number of carbonyl (C=O) groups excluding carboxylic acids is 2. The lowest BCUT2D eigenvalue weighted by molar-refractivity contribution is -0.125. The van der Waals surface area contributed by atoms with Gasteiger partial charge in [0.1, 0.15) is 0 Å². The van der Waals surface area contributed by atoms with Crippen LogP contribution in [0.15, 0.2) is 48.6 Å². The summed E-state index contributed by atoms with van der Waals surface area (Å²) in [6.45, 7) is 3.59. The van der Waals surface area contributed by atoms with Crippen molar-refractivity contribution in [2.24, 2.45) is 11.5 Å². The van der Waals surface area contributed by atoms with Crippen molar-refractivity contribution in [2.45, 2.75) is 5.25 Å². The molecule has 7 heteroatoms. The summed E-state index contributed by atoms with van der Waals surface area (Å²) in [5.41, 5.74) is 10.9. The molecule has 6 nitrogen and oxygen atoms in total. The molecule has 0 aliphatic heterocycles. The predicted molar refractivity (Wildman–Crippen MR) is 80.6 cm³/mol. The van der Waals surface area contributed by atoms with E-state index in [2.05, 4.69) is 6.58 Å². The van der Waals surface area contributed by atoms with Gasteiger partial charge < -0.3 is 11.5 Å². The molecule has 0 unspecified atom stereocenters. The van der Waals surface area contributed by atoms with Gasteiger partial charge in [-0.15, -0.1) is 0 Å². The van der Waals surface area contributed by atoms with Crippen LogP contribution in [0.5, 0.6) is 0 Å². The fraction of sp³-hybridized carbons (Fsp3) is 0.143. The molecule has 21 heavy (non-hydrogen) atoms. The van der Waals surface area contributed by atoms with Gasteiger partial charge in [-0.25, -0.2) is 8.42 Å². The summed E-state index contributed by atoms with van der Waals surface area (Å²) in [4.78, 5) is 22.1. The summed E-state index contributed by atoms with van der Waals surface area (Å²) in [6, 6.07) is 9.16. The molecule has 0 fully saturated rings. The van der Waals surface area contributed by atoms with Crippen LogP contribution in [0.2, 0.25) is 0 Å². The van der Waals surface area contributed by atoms with E-state index in [9.17, 15) is 18.0 Å². The number of benzene rings is 1. The Balaban J connectivity index is 2.84. The van der Waals surface area contributed by atoms with Gasteiger partial charge in [0.25, 0.3) is 0 Å². The second-order valence-electron chi connectivity index (χ2n) is 4.39. The molecule has 1 aromatic carbocycles. The summed E-state index contributed by atoms with van der Waals surface area (Å²) < 4.78 is 23.9. The normalized spacial score (nSPS) is 11.7. The van der Waals surface area contributed by atoms with Crippen molar-refractivity contribution in [1.82, 2.24) is 0 Å². The van der Waals surface area contributed by atoms with Crippen LogP contribution in [0.1, 0.15) is 5.56 Å². The molecule has 0 radical (unpaired) electrons. The minimum Gasteiger partial charge on any atom is -0.368 e. The van der Waals surface area contributed by atoms with Crippen molar-refractivity contribution in [2.75, 3.05) is 5.75 Å². The Kier molecular flexibility index (Phi) is 5.43. The zero-order valence-corrected chi connectivity index (χ0v) is 12.0. The van der Waals surface area contributed by atoms with Crippen molar-refractivity contribution in [3.05, 3.63) is 54.1 Å². The molecule has 0 aliphatic carbocycles. The highest BCUT2D eigenvalue weighted by molar-refractivity contribution is 7.93. The Bertz CT molecular complexity index is 664. The first kappa shape index (κ1) is 16.6. The van der Waals surface area contributed by atoms with Crippen LogP contribution in [0.25, 0.3) is 6.08 Å². The second-order valence-corrected chi connectivity index (χ2v) is 6.48. The number of hydrogen-bond donors (Lipinski definition) is 2. The lowest BCUT2D eigenvalue weighted by Crippen LogP contribution is -2.46. The van der Waals surface area contributed by atoms with Gasteiger partial charge in [-0.3, -0.25) is 9.59 Å². The molecule has 0 spiro atoms. The maximum absolute atomic E-state index is 11.9. The molecule has 0 aromatic heterocycles. The van der Waals surface area contributed by atoms with E-state index in [-0.39, 0.29) is 5.57 Å². The molecule has 0 heterocycles. The maximum Gasteiger partial charge on any atom is 0.245 e. The average Bonchev–Trinajstić information content (AvgIpc) is 2.35. The molecule has 2 amide bonds. The quantitative estimate of drug-likeness (QED) is 0.544. The van der Waals surface area contributed by atoms with Gasteiger partial charge in [-0.05, 0) is 11.1 Å². The summed E-state index contributed by atoms with van der Waals surface area (Å²) in [5.74, 6) is -3.16. The number of carbonyl (C=O) groups is 2. The first-order valence-corrected chi connectivity index (χ1v) is 7.66. The third-order valence-corrected chi connectivity index (χ3v) is 4.53. The minimum absolute atomic E-state index is 0.214. The molecule has 0 atom stereocenters. The van der Waals surface area contributed by atoms with Gasteiger partial charge in [0.2, 0.25) is 17.1 Å². The van der Waals surface area contributed by atoms with Crippen LogP contribution in [-0.4, -0.2) is 31.2 Å². The third kappa shape index (κ3) is 4.88. The number of rotatable bonds is 7. The molecule has 1 aromatic rings. The van der Waals surface area contributed by atoms with E-state index in [0.717, 1.165) is 5.56 Å². The number of hydrogen-bond acceptors (Lipinski definition) is 4. The lowest BCUT2D eigenvalue weighted by Gasteiger charge is -2.10. The Morgan fingerprint density at radius 1 is 1.14 bits per heavy atom. The fourth-order valence-electron chi connectivity index (χ4n) is 1.66. The highest BCUT2D eigenvalue weighted by atomic mass is 32.2. The largest absolute Gasteiger partial charge is 0.368 e. The van der Waals surface area contributed by atoms with Crippen LogP contribution in [-0.2, 0) is 19.4 Å². The van der Waals surface area contributed by atoms with E-state index in [1.165, 1.54) is 6.08 Å². The molecular weight excluding hydrogens is 292 g/mol. The average molecular weight is 308 g/mol. The molecule has 112 valence electrons. The Hall–Kier alpha value is -2.41. The fourth-order valence-corrected chi connectivity index (χ4v) is 3.15. The van der Waals surface area contributed by atoms with Crippen LogP contribution in [0, 0.1) is 0 Å². The van der Waals surface area contributed by atoms with E-state index in [1.807, 2.05) is 30.3 Å². The standard InChI is InChI=1S/C14H16N2O4S/c1-10(7-8-11-5-3-2-4-6-11)9-21(19,20)12(13(15)17)14(16)18/h2-8,12H,1,9H2,(H2,15,17)(H2,16,18). The van der Waals surface area contributed by atoms with Crippen molar-refractivity contribution in [3.8, 4) is 0 Å². The number of sulfone groups is 1. The molecule has 1 rings (SSSR count). The highest BCUT2D eigenvalue weighted by Gasteiger charge is 2.36. The van der Waals surface area contributed by atoms with Crippen molar-refractivity contribution >= 4 is 27.7 Å². The summed E-state index contributed by atoms with van der Waals surface area (Å²) >= 11 is 0. The smallest absolute Gasteiger partial charge is 0.245 e. The van der Waals surface area contributed by atoms with Crippen molar-refractivity contribution in [3.63, 3.8) is 0 Å². The molecule has 0 bridgehead atoms. The van der Waals surface area contributed by atoms with E-state index in [0.29, 0.717) is 0 Å². The molecular formula is C14H16N2O4S. The van der Waals surface area contributed by atoms with Gasteiger partial charge in [0, 0.05) is 0 Å². The summed E-state index contributed by atoms with van der Waals surface area (Å²) in [7, 11) is -4.12. The first-order chi connectivity index (χ1) is 9.74. The number of allylic oxidation sites excluding steroid dienone is 1. The van der Waals surface area contributed by atoms with Gasteiger partial charge in [0.05, 0.1) is 5.75 Å². The summed E-state index contributed by atoms with van der Waals surface area (Å²) in [6.07, 6.45) is 3.16. The second kappa shape index (κ2) is 6.85. The SMILES string of the molecule is C=C(C=Cc1ccccc1)CS(=O)(=O)C(C(N)=O)C(N)=O. The van der Waals surface area contributed by atoms with E-state index >= 15 is 0 Å². The monoisotopic (exact) mass is 308 g/mol. The van der Waals surface area contributed by atoms with Crippen molar-refractivity contribution < 1.29 is 18.0 Å². The number of amides is 2. The number of primary amides is 2. The van der Waals surface area contributed by atoms with Crippen LogP contribution in [0.4, 0.5) is 0 Å². The zero-order chi connectivity index (χ0) is 16.0. The van der Waals surface area contributed by atoms with Crippen LogP contribution in [0.3, 0.4) is 0 Å². The van der Waals surface area contributed by atoms with Gasteiger partial charge in [-0.2, -0.15) is 0 Å². The highest BCUT2D eigenvalue weighted by Crippen LogP contribution is 2.10. The molecule has 0 saturated carbocycles. The van der Waals surface area contributed by atoms with Gasteiger partial charge >= 0.3 is 0 Å². The van der Waals surface area contributed by atoms with Crippen LogP contribution < -0.4 is 11.5 Å². The van der Waals surface area contributed by atoms with Crippen molar-refractivity contribution in [1.29, 1.82) is 0 Å². The molecule has 0 aliphatic rings. The van der Waals surface area contributed by atoms with E-state index in [1.54, 1.807) is 6.08 Å². The Morgan fingerprint density at radius 2 is 1.67 bits per heavy atom. The van der Waals surface area contributed by atoms with Gasteiger partial charge in [-0.1, -0.05) is 49.1 Å². The first-order valence-electron chi connectivity index (χ1n) is 5.95. The van der Waals surface area contributed by atoms with E-state index in [4.69, 9.17) is 11.5 Å². The number of nitrogens with two attached hydrogens (primary N) is 2. The Labute approximate surface area is 123 Å².